The lowest BCUT2D eigenvalue weighted by Crippen LogP contribution is -2.47. The van der Waals surface area contributed by atoms with Gasteiger partial charge in [-0.15, -0.1) is 0 Å². The standard InChI is InChI=1S/C16H30N2O2/c1-16(2,15(19)20)8-13-17-11-6-14(7-12-17)18-9-4-3-5-10-18/h14H,3-13H2,1-2H3,(H,19,20). The van der Waals surface area contributed by atoms with E-state index in [0.717, 1.165) is 32.1 Å². The molecule has 4 nitrogen and oxygen atoms in total. The van der Waals surface area contributed by atoms with Gasteiger partial charge in [0.1, 0.15) is 0 Å². The molecule has 2 fully saturated rings. The molecule has 2 aliphatic rings. The summed E-state index contributed by atoms with van der Waals surface area (Å²) in [4.78, 5) is 16.3. The largest absolute Gasteiger partial charge is 0.481 e. The summed E-state index contributed by atoms with van der Waals surface area (Å²) in [5, 5.41) is 9.16. The summed E-state index contributed by atoms with van der Waals surface area (Å²) >= 11 is 0. The predicted octanol–water partition coefficient (Wildman–Crippen LogP) is 2.44. The first-order chi connectivity index (χ1) is 9.49. The predicted molar refractivity (Wildman–Crippen MR) is 80.9 cm³/mol. The van der Waals surface area contributed by atoms with Crippen LogP contribution in [-0.4, -0.2) is 59.6 Å². The van der Waals surface area contributed by atoms with Gasteiger partial charge in [-0.3, -0.25) is 4.79 Å². The second-order valence-electron chi connectivity index (χ2n) is 7.11. The zero-order chi connectivity index (χ0) is 14.6. The van der Waals surface area contributed by atoms with Crippen molar-refractivity contribution in [3.63, 3.8) is 0 Å². The maximum Gasteiger partial charge on any atom is 0.309 e. The number of hydrogen-bond donors (Lipinski definition) is 1. The number of piperidine rings is 2. The first-order valence-electron chi connectivity index (χ1n) is 8.19. The van der Waals surface area contributed by atoms with E-state index < -0.39 is 11.4 Å². The maximum atomic E-state index is 11.1. The van der Waals surface area contributed by atoms with Crippen molar-refractivity contribution < 1.29 is 9.90 Å². The van der Waals surface area contributed by atoms with Crippen molar-refractivity contribution in [2.45, 2.75) is 58.4 Å². The Labute approximate surface area is 123 Å². The molecule has 2 aliphatic heterocycles. The van der Waals surface area contributed by atoms with Crippen LogP contribution in [0.4, 0.5) is 0 Å². The number of rotatable bonds is 5. The molecule has 0 saturated carbocycles. The van der Waals surface area contributed by atoms with Crippen LogP contribution in [0.1, 0.15) is 52.4 Å². The molecule has 1 N–H and O–H groups in total. The van der Waals surface area contributed by atoms with Crippen LogP contribution in [0.2, 0.25) is 0 Å². The third-order valence-electron chi connectivity index (χ3n) is 5.10. The number of carbonyl (C=O) groups is 1. The van der Waals surface area contributed by atoms with Crippen LogP contribution in [0.3, 0.4) is 0 Å². The summed E-state index contributed by atoms with van der Waals surface area (Å²) in [5.41, 5.74) is -0.594. The van der Waals surface area contributed by atoms with E-state index in [2.05, 4.69) is 9.80 Å². The van der Waals surface area contributed by atoms with Gasteiger partial charge in [0, 0.05) is 6.04 Å². The Kier molecular flexibility index (Phi) is 5.44. The lowest BCUT2D eigenvalue weighted by atomic mass is 9.89. The van der Waals surface area contributed by atoms with Gasteiger partial charge in [0.05, 0.1) is 5.41 Å². The smallest absolute Gasteiger partial charge is 0.309 e. The second-order valence-corrected chi connectivity index (χ2v) is 7.11. The number of carboxylic acid groups (broad SMARTS) is 1. The zero-order valence-electron chi connectivity index (χ0n) is 13.1. The molecule has 0 aromatic heterocycles. The Hall–Kier alpha value is -0.610. The van der Waals surface area contributed by atoms with Gasteiger partial charge in [0.15, 0.2) is 0 Å². The minimum absolute atomic E-state index is 0.594. The van der Waals surface area contributed by atoms with Crippen molar-refractivity contribution in [2.75, 3.05) is 32.7 Å². The van der Waals surface area contributed by atoms with E-state index >= 15 is 0 Å². The van der Waals surface area contributed by atoms with Gasteiger partial charge < -0.3 is 14.9 Å². The summed E-state index contributed by atoms with van der Waals surface area (Å²) in [6, 6.07) is 0.777. The summed E-state index contributed by atoms with van der Waals surface area (Å²) in [5.74, 6) is -0.680. The third kappa shape index (κ3) is 4.19. The molecule has 0 aromatic rings. The zero-order valence-corrected chi connectivity index (χ0v) is 13.1. The highest BCUT2D eigenvalue weighted by atomic mass is 16.4. The Morgan fingerprint density at radius 2 is 1.70 bits per heavy atom. The van der Waals surface area contributed by atoms with E-state index in [-0.39, 0.29) is 0 Å². The van der Waals surface area contributed by atoms with Crippen molar-refractivity contribution in [3.05, 3.63) is 0 Å². The quantitative estimate of drug-likeness (QED) is 0.841. The van der Waals surface area contributed by atoms with Crippen LogP contribution in [0, 0.1) is 5.41 Å². The molecule has 20 heavy (non-hydrogen) atoms. The minimum atomic E-state index is -0.680. The van der Waals surface area contributed by atoms with E-state index in [4.69, 9.17) is 5.11 Å². The summed E-state index contributed by atoms with van der Waals surface area (Å²) in [6.07, 6.45) is 7.40. The van der Waals surface area contributed by atoms with Crippen LogP contribution < -0.4 is 0 Å². The summed E-state index contributed by atoms with van der Waals surface area (Å²) in [7, 11) is 0. The van der Waals surface area contributed by atoms with Crippen LogP contribution in [0.15, 0.2) is 0 Å². The Balaban J connectivity index is 1.70. The first-order valence-corrected chi connectivity index (χ1v) is 8.19. The fourth-order valence-corrected chi connectivity index (χ4v) is 3.34. The van der Waals surface area contributed by atoms with Crippen LogP contribution in [-0.2, 0) is 4.79 Å². The van der Waals surface area contributed by atoms with Crippen molar-refractivity contribution in [2.24, 2.45) is 5.41 Å². The molecule has 2 heterocycles. The normalized spacial score (nSPS) is 23.9. The number of likely N-dealkylation sites (tertiary alicyclic amines) is 2. The average Bonchev–Trinajstić information content (AvgIpc) is 2.46. The lowest BCUT2D eigenvalue weighted by Gasteiger charge is -2.40. The molecule has 0 amide bonds. The van der Waals surface area contributed by atoms with Crippen LogP contribution in [0.5, 0.6) is 0 Å². The Bertz CT molecular complexity index is 316. The van der Waals surface area contributed by atoms with E-state index in [0.29, 0.717) is 0 Å². The first kappa shape index (κ1) is 15.8. The topological polar surface area (TPSA) is 43.8 Å². The Morgan fingerprint density at radius 1 is 1.10 bits per heavy atom. The van der Waals surface area contributed by atoms with Crippen LogP contribution in [0.25, 0.3) is 0 Å². The highest BCUT2D eigenvalue weighted by Crippen LogP contribution is 2.24. The van der Waals surface area contributed by atoms with Gasteiger partial charge >= 0.3 is 5.97 Å². The fraction of sp³-hybridized carbons (Fsp3) is 0.938. The van der Waals surface area contributed by atoms with Gasteiger partial charge in [-0.25, -0.2) is 0 Å². The van der Waals surface area contributed by atoms with E-state index in [1.165, 1.54) is 45.2 Å². The molecule has 0 atom stereocenters. The molecule has 0 spiro atoms. The van der Waals surface area contributed by atoms with E-state index in [9.17, 15) is 4.79 Å². The summed E-state index contributed by atoms with van der Waals surface area (Å²) < 4.78 is 0. The van der Waals surface area contributed by atoms with Crippen molar-refractivity contribution in [1.82, 2.24) is 9.80 Å². The maximum absolute atomic E-state index is 11.1. The molecule has 116 valence electrons. The summed E-state index contributed by atoms with van der Waals surface area (Å²) in [6.45, 7) is 9.43. The number of nitrogens with zero attached hydrogens (tertiary/aromatic N) is 2. The number of carboxylic acids is 1. The average molecular weight is 282 g/mol. The van der Waals surface area contributed by atoms with Gasteiger partial charge in [-0.2, -0.15) is 0 Å². The van der Waals surface area contributed by atoms with Gasteiger partial charge in [0.2, 0.25) is 0 Å². The van der Waals surface area contributed by atoms with Gasteiger partial charge in [0.25, 0.3) is 0 Å². The van der Waals surface area contributed by atoms with Gasteiger partial charge in [-0.05, 0) is 78.7 Å². The molecule has 2 rings (SSSR count). The van der Waals surface area contributed by atoms with E-state index in [1.54, 1.807) is 0 Å². The molecule has 4 heteroatoms. The molecule has 0 unspecified atom stereocenters. The molecule has 2 saturated heterocycles. The fourth-order valence-electron chi connectivity index (χ4n) is 3.34. The van der Waals surface area contributed by atoms with Gasteiger partial charge in [-0.1, -0.05) is 6.42 Å². The van der Waals surface area contributed by atoms with Crippen molar-refractivity contribution in [1.29, 1.82) is 0 Å². The van der Waals surface area contributed by atoms with Crippen LogP contribution >= 0.6 is 0 Å². The minimum Gasteiger partial charge on any atom is -0.481 e. The molecule has 0 aromatic carbocycles. The molecular weight excluding hydrogens is 252 g/mol. The molecule has 0 aliphatic carbocycles. The number of aliphatic carboxylic acids is 1. The Morgan fingerprint density at radius 3 is 2.25 bits per heavy atom. The SMILES string of the molecule is CC(C)(CCN1CCC(N2CCCCC2)CC1)C(=O)O. The van der Waals surface area contributed by atoms with Crippen molar-refractivity contribution >= 4 is 5.97 Å². The lowest BCUT2D eigenvalue weighted by molar-refractivity contribution is -0.147. The molecule has 0 radical (unpaired) electrons. The highest BCUT2D eigenvalue weighted by molar-refractivity contribution is 5.73. The highest BCUT2D eigenvalue weighted by Gasteiger charge is 2.29. The molecule has 0 bridgehead atoms. The number of hydrogen-bond acceptors (Lipinski definition) is 3. The van der Waals surface area contributed by atoms with Crippen molar-refractivity contribution in [3.8, 4) is 0 Å². The molecular formula is C16H30N2O2. The third-order valence-corrected chi connectivity index (χ3v) is 5.10. The van der Waals surface area contributed by atoms with E-state index in [1.807, 2.05) is 13.8 Å². The monoisotopic (exact) mass is 282 g/mol. The second kappa shape index (κ2) is 6.90.